The summed E-state index contributed by atoms with van der Waals surface area (Å²) in [7, 11) is 4.65. The van der Waals surface area contributed by atoms with Crippen molar-refractivity contribution >= 4 is 39.9 Å². The normalized spacial score (nSPS) is 13.4. The van der Waals surface area contributed by atoms with Crippen LogP contribution in [-0.4, -0.2) is 57.2 Å². The van der Waals surface area contributed by atoms with Gasteiger partial charge in [0.1, 0.15) is 0 Å². The van der Waals surface area contributed by atoms with Gasteiger partial charge in [0.15, 0.2) is 16.6 Å². The fourth-order valence-corrected chi connectivity index (χ4v) is 6.04. The number of aromatic nitrogens is 1. The van der Waals surface area contributed by atoms with Crippen LogP contribution in [0, 0.1) is 0 Å². The van der Waals surface area contributed by atoms with Crippen molar-refractivity contribution in [2.45, 2.75) is 52.0 Å². The molecule has 0 spiro atoms. The van der Waals surface area contributed by atoms with Gasteiger partial charge in [0.2, 0.25) is 23.0 Å². The zero-order chi connectivity index (χ0) is 32.5. The van der Waals surface area contributed by atoms with E-state index in [9.17, 15) is 19.2 Å². The standard InChI is InChI=1S/C32H38N4O8S/c1-6-44-28(40)15-20-17-45-32(35-20)36-27(39)8-7-13-33-24-12-10-21-22(16-25(24)38)23(34-18(2)37)11-9-19-14-26(41-3)30(42-4)31(43-5)29(19)21/h10,12,14,16-17,23H,6-9,11,13,15H2,1-5H3,(H,33,38)(H,34,37)(H,35,36,39). The molecule has 0 aliphatic heterocycles. The number of methoxy groups -OCH3 is 3. The predicted molar refractivity (Wildman–Crippen MR) is 171 cm³/mol. The summed E-state index contributed by atoms with van der Waals surface area (Å²) in [6.45, 7) is 3.84. The Morgan fingerprint density at radius 2 is 1.84 bits per heavy atom. The topological polar surface area (TPSA) is 154 Å². The minimum Gasteiger partial charge on any atom is -0.493 e. The Hall–Kier alpha value is -4.65. The number of esters is 1. The quantitative estimate of drug-likeness (QED) is 0.183. The van der Waals surface area contributed by atoms with Gasteiger partial charge in [0, 0.05) is 30.8 Å². The van der Waals surface area contributed by atoms with Gasteiger partial charge < -0.3 is 34.9 Å². The number of amides is 2. The highest BCUT2D eigenvalue weighted by Gasteiger charge is 2.29. The molecule has 240 valence electrons. The van der Waals surface area contributed by atoms with Crippen LogP contribution >= 0.6 is 11.3 Å². The number of hydrogen-bond acceptors (Lipinski definition) is 11. The summed E-state index contributed by atoms with van der Waals surface area (Å²) in [5.74, 6) is 0.625. The predicted octanol–water partition coefficient (Wildman–Crippen LogP) is 4.26. The molecule has 1 aliphatic rings. The van der Waals surface area contributed by atoms with Crippen LogP contribution in [-0.2, 0) is 32.0 Å². The molecule has 0 bridgehead atoms. The molecular formula is C32H38N4O8S. The lowest BCUT2D eigenvalue weighted by atomic mass is 9.95. The lowest BCUT2D eigenvalue weighted by Crippen LogP contribution is -2.26. The third kappa shape index (κ3) is 8.09. The number of ether oxygens (including phenoxy) is 4. The number of carbonyl (C=O) groups is 3. The van der Waals surface area contributed by atoms with Crippen LogP contribution in [0.1, 0.15) is 56.0 Å². The van der Waals surface area contributed by atoms with E-state index >= 15 is 0 Å². The second-order valence-corrected chi connectivity index (χ2v) is 11.2. The van der Waals surface area contributed by atoms with Crippen LogP contribution in [0.25, 0.3) is 11.1 Å². The van der Waals surface area contributed by atoms with E-state index in [2.05, 4.69) is 20.9 Å². The van der Waals surface area contributed by atoms with E-state index < -0.39 is 6.04 Å². The van der Waals surface area contributed by atoms with E-state index in [1.807, 2.05) is 12.1 Å². The van der Waals surface area contributed by atoms with Crippen LogP contribution in [0.4, 0.5) is 10.8 Å². The zero-order valence-corrected chi connectivity index (χ0v) is 26.9. The number of benzene rings is 1. The third-order valence-electron chi connectivity index (χ3n) is 7.24. The molecule has 0 saturated carbocycles. The van der Waals surface area contributed by atoms with Gasteiger partial charge in [0.25, 0.3) is 0 Å². The van der Waals surface area contributed by atoms with Crippen molar-refractivity contribution in [3.8, 4) is 28.4 Å². The fourth-order valence-electron chi connectivity index (χ4n) is 5.31. The van der Waals surface area contributed by atoms with Gasteiger partial charge in [-0.05, 0) is 61.1 Å². The maximum Gasteiger partial charge on any atom is 0.311 e. The number of carbonyl (C=O) groups excluding carboxylic acids is 3. The number of nitrogens with one attached hydrogen (secondary N) is 3. The molecule has 1 aliphatic carbocycles. The average molecular weight is 639 g/mol. The maximum absolute atomic E-state index is 13.4. The molecular weight excluding hydrogens is 600 g/mol. The molecule has 3 N–H and O–H groups in total. The average Bonchev–Trinajstić information content (AvgIpc) is 3.30. The van der Waals surface area contributed by atoms with Crippen LogP contribution in [0.15, 0.2) is 34.4 Å². The Balaban J connectivity index is 1.52. The Labute approximate surface area is 265 Å². The van der Waals surface area contributed by atoms with Crippen LogP contribution in [0.2, 0.25) is 0 Å². The highest BCUT2D eigenvalue weighted by Crippen LogP contribution is 2.50. The first-order chi connectivity index (χ1) is 21.7. The first kappa shape index (κ1) is 33.2. The molecule has 0 saturated heterocycles. The SMILES string of the molecule is CCOC(=O)Cc1csc(NC(=O)CCCNc2ccc3c(cc2=O)C(NC(C)=O)CCc2cc(OC)c(OC)c(OC)c2-3)n1. The molecule has 12 nitrogen and oxygen atoms in total. The largest absolute Gasteiger partial charge is 0.493 e. The number of fused-ring (bicyclic) bond motifs is 3. The number of rotatable bonds is 13. The van der Waals surface area contributed by atoms with Gasteiger partial charge in [-0.25, -0.2) is 4.98 Å². The van der Waals surface area contributed by atoms with Crippen LogP contribution in [0.5, 0.6) is 17.2 Å². The Kier molecular flexibility index (Phi) is 11.4. The van der Waals surface area contributed by atoms with E-state index in [-0.39, 0.29) is 36.1 Å². The van der Waals surface area contributed by atoms with Gasteiger partial charge in [-0.15, -0.1) is 11.3 Å². The van der Waals surface area contributed by atoms with Crippen molar-refractivity contribution in [2.24, 2.45) is 0 Å². The number of anilines is 2. The summed E-state index contributed by atoms with van der Waals surface area (Å²) in [5, 5.41) is 11.0. The second-order valence-electron chi connectivity index (χ2n) is 10.3. The Morgan fingerprint density at radius 1 is 1.07 bits per heavy atom. The summed E-state index contributed by atoms with van der Waals surface area (Å²) in [6, 6.07) is 6.59. The summed E-state index contributed by atoms with van der Waals surface area (Å²) < 4.78 is 22.0. The molecule has 2 aromatic carbocycles. The van der Waals surface area contributed by atoms with Crippen LogP contribution in [0.3, 0.4) is 0 Å². The van der Waals surface area contributed by atoms with Crippen molar-refractivity contribution < 1.29 is 33.3 Å². The van der Waals surface area contributed by atoms with Crippen molar-refractivity contribution in [3.05, 3.63) is 56.7 Å². The lowest BCUT2D eigenvalue weighted by Gasteiger charge is -2.19. The molecule has 2 amide bonds. The molecule has 0 radical (unpaired) electrons. The summed E-state index contributed by atoms with van der Waals surface area (Å²) in [6.07, 6.45) is 1.85. The van der Waals surface area contributed by atoms with Crippen molar-refractivity contribution in [2.75, 3.05) is 45.1 Å². The summed E-state index contributed by atoms with van der Waals surface area (Å²) in [4.78, 5) is 54.0. The third-order valence-corrected chi connectivity index (χ3v) is 8.05. The number of nitrogens with zero attached hydrogens (tertiary/aromatic N) is 1. The molecule has 1 atom stereocenters. The van der Waals surface area contributed by atoms with Crippen molar-refractivity contribution in [1.29, 1.82) is 0 Å². The molecule has 1 heterocycles. The molecule has 1 aromatic heterocycles. The van der Waals surface area contributed by atoms with E-state index in [0.29, 0.717) is 71.7 Å². The lowest BCUT2D eigenvalue weighted by molar-refractivity contribution is -0.142. The first-order valence-corrected chi connectivity index (χ1v) is 15.5. The van der Waals surface area contributed by atoms with E-state index in [1.165, 1.54) is 25.4 Å². The highest BCUT2D eigenvalue weighted by atomic mass is 32.1. The zero-order valence-electron chi connectivity index (χ0n) is 26.0. The van der Waals surface area contributed by atoms with Crippen molar-refractivity contribution in [3.63, 3.8) is 0 Å². The molecule has 4 rings (SSSR count). The number of hydrogen-bond donors (Lipinski definition) is 3. The smallest absolute Gasteiger partial charge is 0.311 e. The Bertz CT molecular complexity index is 1620. The van der Waals surface area contributed by atoms with E-state index in [1.54, 1.807) is 38.7 Å². The summed E-state index contributed by atoms with van der Waals surface area (Å²) in [5.41, 5.74) is 3.74. The molecule has 13 heteroatoms. The van der Waals surface area contributed by atoms with Gasteiger partial charge in [-0.1, -0.05) is 6.07 Å². The monoisotopic (exact) mass is 638 g/mol. The minimum absolute atomic E-state index is 0.0469. The summed E-state index contributed by atoms with van der Waals surface area (Å²) >= 11 is 1.24. The van der Waals surface area contributed by atoms with Crippen LogP contribution < -0.4 is 35.6 Å². The number of thiazole rings is 1. The fraction of sp³-hybridized carbons (Fsp3) is 0.406. The van der Waals surface area contributed by atoms with Crippen molar-refractivity contribution in [1.82, 2.24) is 10.3 Å². The van der Waals surface area contributed by atoms with Gasteiger partial charge >= 0.3 is 5.97 Å². The second kappa shape index (κ2) is 15.4. The molecule has 0 fully saturated rings. The maximum atomic E-state index is 13.4. The molecule has 45 heavy (non-hydrogen) atoms. The number of aryl methyl sites for hydroxylation is 1. The minimum atomic E-state index is -0.410. The Morgan fingerprint density at radius 3 is 2.53 bits per heavy atom. The van der Waals surface area contributed by atoms with Gasteiger partial charge in [-0.2, -0.15) is 0 Å². The highest BCUT2D eigenvalue weighted by molar-refractivity contribution is 7.13. The van der Waals surface area contributed by atoms with E-state index in [4.69, 9.17) is 18.9 Å². The van der Waals surface area contributed by atoms with Gasteiger partial charge in [0.05, 0.1) is 51.8 Å². The van der Waals surface area contributed by atoms with E-state index in [0.717, 1.165) is 16.7 Å². The molecule has 1 unspecified atom stereocenters. The molecule has 3 aromatic rings. The van der Waals surface area contributed by atoms with Gasteiger partial charge in [-0.3, -0.25) is 19.2 Å². The first-order valence-electron chi connectivity index (χ1n) is 14.6.